The van der Waals surface area contributed by atoms with Crippen LogP contribution in [0.1, 0.15) is 16.1 Å². The molecule has 0 aliphatic heterocycles. The third-order valence-electron chi connectivity index (χ3n) is 3.83. The number of hydrogen-bond acceptors (Lipinski definition) is 3. The Morgan fingerprint density at radius 3 is 2.88 bits per heavy atom. The number of nitrogens with zero attached hydrogens (tertiary/aromatic N) is 2. The van der Waals surface area contributed by atoms with Crippen molar-refractivity contribution in [3.05, 3.63) is 58.9 Å². The quantitative estimate of drug-likeness (QED) is 0.746. The second-order valence-electron chi connectivity index (χ2n) is 5.97. The van der Waals surface area contributed by atoms with Crippen LogP contribution in [0.3, 0.4) is 0 Å². The number of furan rings is 1. The first-order valence-corrected chi connectivity index (χ1v) is 8.16. The van der Waals surface area contributed by atoms with E-state index < -0.39 is 0 Å². The maximum absolute atomic E-state index is 12.6. The summed E-state index contributed by atoms with van der Waals surface area (Å²) in [6, 6.07) is 11.3. The number of hydrogen-bond donors (Lipinski definition) is 1. The molecule has 5 nitrogen and oxygen atoms in total. The maximum Gasteiger partial charge on any atom is 0.268 e. The number of fused-ring (bicyclic) bond motifs is 1. The van der Waals surface area contributed by atoms with Gasteiger partial charge in [0, 0.05) is 36.8 Å². The van der Waals surface area contributed by atoms with Crippen molar-refractivity contribution in [3.63, 3.8) is 0 Å². The molecule has 3 rings (SSSR count). The number of rotatable bonds is 6. The maximum atomic E-state index is 12.6. The lowest BCUT2D eigenvalue weighted by Crippen LogP contribution is -2.32. The normalized spacial score (nSPS) is 11.3. The zero-order chi connectivity index (χ0) is 17.1. The second kappa shape index (κ2) is 7.11. The summed E-state index contributed by atoms with van der Waals surface area (Å²) in [6.07, 6.45) is 1.63. The molecule has 0 fully saturated rings. The van der Waals surface area contributed by atoms with Crippen molar-refractivity contribution in [2.75, 3.05) is 27.2 Å². The average Bonchev–Trinajstić information content (AvgIpc) is 3.09. The van der Waals surface area contributed by atoms with Gasteiger partial charge in [-0.25, -0.2) is 0 Å². The van der Waals surface area contributed by atoms with Crippen LogP contribution in [-0.2, 0) is 6.54 Å². The highest BCUT2D eigenvalue weighted by molar-refractivity contribution is 6.30. The molecule has 126 valence electrons. The number of carbonyl (C=O) groups excluding carboxylic acids is 1. The smallest absolute Gasteiger partial charge is 0.268 e. The zero-order valence-electron chi connectivity index (χ0n) is 13.8. The van der Waals surface area contributed by atoms with Crippen molar-refractivity contribution < 1.29 is 9.21 Å². The van der Waals surface area contributed by atoms with E-state index in [-0.39, 0.29) is 5.91 Å². The summed E-state index contributed by atoms with van der Waals surface area (Å²) in [5.41, 5.74) is 3.22. The van der Waals surface area contributed by atoms with Crippen molar-refractivity contribution in [1.29, 1.82) is 0 Å². The standard InChI is InChI=1S/C18H20ClN3O2/c1-21(2)8-7-20-18(23)16-11-17-15(6-9-24-17)22(16)12-13-4-3-5-14(19)10-13/h3-6,9-11H,7-8,12H2,1-2H3,(H,20,23). The van der Waals surface area contributed by atoms with Crippen LogP contribution >= 0.6 is 11.6 Å². The number of aromatic nitrogens is 1. The first-order valence-electron chi connectivity index (χ1n) is 7.78. The van der Waals surface area contributed by atoms with E-state index in [1.807, 2.05) is 53.9 Å². The van der Waals surface area contributed by atoms with E-state index in [4.69, 9.17) is 16.0 Å². The molecule has 0 aliphatic rings. The van der Waals surface area contributed by atoms with Crippen LogP contribution in [0.4, 0.5) is 0 Å². The number of likely N-dealkylation sites (N-methyl/N-ethyl adjacent to an activating group) is 1. The molecule has 24 heavy (non-hydrogen) atoms. The lowest BCUT2D eigenvalue weighted by molar-refractivity contribution is 0.0942. The van der Waals surface area contributed by atoms with Crippen LogP contribution in [0.15, 0.2) is 47.1 Å². The number of nitrogens with one attached hydrogen (secondary N) is 1. The topological polar surface area (TPSA) is 50.4 Å². The molecular formula is C18H20ClN3O2. The highest BCUT2D eigenvalue weighted by Crippen LogP contribution is 2.23. The van der Waals surface area contributed by atoms with E-state index in [9.17, 15) is 4.79 Å². The van der Waals surface area contributed by atoms with Crippen LogP contribution in [0, 0.1) is 0 Å². The summed E-state index contributed by atoms with van der Waals surface area (Å²) in [6.45, 7) is 1.94. The molecule has 3 aromatic rings. The van der Waals surface area contributed by atoms with Crippen LogP contribution in [-0.4, -0.2) is 42.6 Å². The molecule has 0 saturated heterocycles. The molecule has 1 N–H and O–H groups in total. The largest absolute Gasteiger partial charge is 0.463 e. The minimum atomic E-state index is -0.106. The predicted molar refractivity (Wildman–Crippen MR) is 95.6 cm³/mol. The van der Waals surface area contributed by atoms with Crippen molar-refractivity contribution in [2.24, 2.45) is 0 Å². The van der Waals surface area contributed by atoms with Crippen LogP contribution in [0.5, 0.6) is 0 Å². The molecule has 2 aromatic heterocycles. The minimum Gasteiger partial charge on any atom is -0.463 e. The van der Waals surface area contributed by atoms with Gasteiger partial charge >= 0.3 is 0 Å². The second-order valence-corrected chi connectivity index (χ2v) is 6.41. The molecule has 0 aliphatic carbocycles. The van der Waals surface area contributed by atoms with Gasteiger partial charge in [0.05, 0.1) is 11.8 Å². The van der Waals surface area contributed by atoms with Crippen molar-refractivity contribution in [2.45, 2.75) is 6.54 Å². The van der Waals surface area contributed by atoms with Crippen LogP contribution < -0.4 is 5.32 Å². The van der Waals surface area contributed by atoms with Crippen LogP contribution in [0.2, 0.25) is 5.02 Å². The van der Waals surface area contributed by atoms with Gasteiger partial charge in [0.1, 0.15) is 5.69 Å². The highest BCUT2D eigenvalue weighted by Gasteiger charge is 2.17. The van der Waals surface area contributed by atoms with E-state index in [2.05, 4.69) is 5.32 Å². The minimum absolute atomic E-state index is 0.106. The molecule has 6 heteroatoms. The van der Waals surface area contributed by atoms with E-state index in [1.165, 1.54) is 0 Å². The van der Waals surface area contributed by atoms with Gasteiger partial charge in [0.25, 0.3) is 5.91 Å². The average molecular weight is 346 g/mol. The molecular weight excluding hydrogens is 326 g/mol. The van der Waals surface area contributed by atoms with Gasteiger partial charge in [-0.15, -0.1) is 0 Å². The Labute approximate surface area is 145 Å². The first kappa shape index (κ1) is 16.6. The Morgan fingerprint density at radius 1 is 1.29 bits per heavy atom. The molecule has 0 radical (unpaired) electrons. The van der Waals surface area contributed by atoms with Gasteiger partial charge in [-0.05, 0) is 31.8 Å². The van der Waals surface area contributed by atoms with E-state index in [0.29, 0.717) is 29.4 Å². The summed E-state index contributed by atoms with van der Waals surface area (Å²) in [7, 11) is 3.95. The third-order valence-corrected chi connectivity index (χ3v) is 4.06. The highest BCUT2D eigenvalue weighted by atomic mass is 35.5. The third kappa shape index (κ3) is 3.63. The summed E-state index contributed by atoms with van der Waals surface area (Å²) >= 11 is 6.07. The van der Waals surface area contributed by atoms with Gasteiger partial charge in [-0.3, -0.25) is 4.79 Å². The lowest BCUT2D eigenvalue weighted by atomic mass is 10.2. The van der Waals surface area contributed by atoms with Crippen molar-refractivity contribution >= 4 is 28.6 Å². The summed E-state index contributed by atoms with van der Waals surface area (Å²) in [5, 5.41) is 3.63. The first-order chi connectivity index (χ1) is 11.5. The fraction of sp³-hybridized carbons (Fsp3) is 0.278. The van der Waals surface area contributed by atoms with Gasteiger partial charge in [0.15, 0.2) is 5.58 Å². The number of halogens is 1. The molecule has 2 heterocycles. The molecule has 0 spiro atoms. The summed E-state index contributed by atoms with van der Waals surface area (Å²) < 4.78 is 7.41. The van der Waals surface area contributed by atoms with Gasteiger partial charge in [-0.2, -0.15) is 0 Å². The van der Waals surface area contributed by atoms with Gasteiger partial charge in [0.2, 0.25) is 0 Å². The van der Waals surface area contributed by atoms with E-state index in [1.54, 1.807) is 12.3 Å². The van der Waals surface area contributed by atoms with Gasteiger partial charge in [-0.1, -0.05) is 23.7 Å². The fourth-order valence-electron chi connectivity index (χ4n) is 2.64. The Kier molecular flexibility index (Phi) is 4.92. The Balaban J connectivity index is 1.87. The van der Waals surface area contributed by atoms with E-state index in [0.717, 1.165) is 17.6 Å². The van der Waals surface area contributed by atoms with Gasteiger partial charge < -0.3 is 19.2 Å². The molecule has 0 atom stereocenters. The number of amides is 1. The Morgan fingerprint density at radius 2 is 2.12 bits per heavy atom. The van der Waals surface area contributed by atoms with Crippen molar-refractivity contribution in [1.82, 2.24) is 14.8 Å². The Bertz CT molecular complexity index is 851. The lowest BCUT2D eigenvalue weighted by Gasteiger charge is -2.13. The van der Waals surface area contributed by atoms with E-state index >= 15 is 0 Å². The SMILES string of the molecule is CN(C)CCNC(=O)c1cc2occc2n1Cc1cccc(Cl)c1. The molecule has 1 amide bonds. The fourth-order valence-corrected chi connectivity index (χ4v) is 2.85. The molecule has 1 aromatic carbocycles. The predicted octanol–water partition coefficient (Wildman–Crippen LogP) is 3.23. The molecule has 0 bridgehead atoms. The molecule has 0 unspecified atom stereocenters. The monoisotopic (exact) mass is 345 g/mol. The number of carbonyl (C=O) groups is 1. The Hall–Kier alpha value is -2.24. The van der Waals surface area contributed by atoms with Crippen LogP contribution in [0.25, 0.3) is 11.1 Å². The van der Waals surface area contributed by atoms with Crippen molar-refractivity contribution in [3.8, 4) is 0 Å². The number of benzene rings is 1. The summed E-state index contributed by atoms with van der Waals surface area (Å²) in [5.74, 6) is -0.106. The summed E-state index contributed by atoms with van der Waals surface area (Å²) in [4.78, 5) is 14.6. The molecule has 0 saturated carbocycles. The zero-order valence-corrected chi connectivity index (χ0v) is 14.5.